The molecule has 1 atom stereocenters. The summed E-state index contributed by atoms with van der Waals surface area (Å²) in [6, 6.07) is 7.22. The summed E-state index contributed by atoms with van der Waals surface area (Å²) in [5.74, 6) is -1.56. The Morgan fingerprint density at radius 3 is 2.63 bits per heavy atom. The van der Waals surface area contributed by atoms with Gasteiger partial charge in [-0.25, -0.2) is 13.2 Å². The van der Waals surface area contributed by atoms with E-state index >= 15 is 0 Å². The first-order valence-corrected chi connectivity index (χ1v) is 10.2. The summed E-state index contributed by atoms with van der Waals surface area (Å²) in [5.41, 5.74) is 1.14. The summed E-state index contributed by atoms with van der Waals surface area (Å²) >= 11 is 0. The molecule has 146 valence electrons. The standard InChI is InChI=1S/C19H23NO6S/c1-4-12-27(23,24)17(19(22)26-5-2)10-11-20-13-15(18(21)25-3)14-8-6-7-9-16(14)20/h4,6-9,13,17H,1,5,10-12H2,2-3H3. The Morgan fingerprint density at radius 2 is 2.00 bits per heavy atom. The summed E-state index contributed by atoms with van der Waals surface area (Å²) in [6.45, 7) is 5.37. The molecule has 0 radical (unpaired) electrons. The molecular weight excluding hydrogens is 370 g/mol. The van der Waals surface area contributed by atoms with Crippen molar-refractivity contribution in [3.8, 4) is 0 Å². The number of aryl methyl sites for hydroxylation is 1. The molecule has 1 aromatic carbocycles. The monoisotopic (exact) mass is 393 g/mol. The third kappa shape index (κ3) is 4.57. The molecule has 1 aromatic heterocycles. The van der Waals surface area contributed by atoms with E-state index in [4.69, 9.17) is 9.47 Å². The number of fused-ring (bicyclic) bond motifs is 1. The first-order chi connectivity index (χ1) is 12.9. The lowest BCUT2D eigenvalue weighted by molar-refractivity contribution is -0.142. The number of rotatable bonds is 9. The third-order valence-electron chi connectivity index (χ3n) is 4.16. The van der Waals surface area contributed by atoms with Crippen molar-refractivity contribution in [3.63, 3.8) is 0 Å². The summed E-state index contributed by atoms with van der Waals surface area (Å²) < 4.78 is 36.4. The van der Waals surface area contributed by atoms with Crippen molar-refractivity contribution in [3.05, 3.63) is 48.7 Å². The fourth-order valence-corrected chi connectivity index (χ4v) is 4.31. The molecule has 0 aliphatic heterocycles. The van der Waals surface area contributed by atoms with Crippen LogP contribution in [0.1, 0.15) is 23.7 Å². The topological polar surface area (TPSA) is 91.7 Å². The zero-order valence-electron chi connectivity index (χ0n) is 15.4. The van der Waals surface area contributed by atoms with E-state index in [9.17, 15) is 18.0 Å². The smallest absolute Gasteiger partial charge is 0.340 e. The van der Waals surface area contributed by atoms with Gasteiger partial charge in [0.2, 0.25) is 0 Å². The van der Waals surface area contributed by atoms with Crippen LogP contribution in [0.5, 0.6) is 0 Å². The van der Waals surface area contributed by atoms with Gasteiger partial charge >= 0.3 is 11.9 Å². The largest absolute Gasteiger partial charge is 0.465 e. The Kier molecular flexibility index (Phi) is 6.79. The van der Waals surface area contributed by atoms with Crippen molar-refractivity contribution < 1.29 is 27.5 Å². The van der Waals surface area contributed by atoms with Gasteiger partial charge in [-0.15, -0.1) is 6.58 Å². The zero-order valence-corrected chi connectivity index (χ0v) is 16.2. The number of para-hydroxylation sites is 1. The number of benzene rings is 1. The fraction of sp³-hybridized carbons (Fsp3) is 0.368. The second kappa shape index (κ2) is 8.85. The molecule has 8 heteroatoms. The van der Waals surface area contributed by atoms with E-state index in [2.05, 4.69) is 6.58 Å². The maximum absolute atomic E-state index is 12.4. The molecule has 0 saturated carbocycles. The van der Waals surface area contributed by atoms with Crippen LogP contribution in [0.25, 0.3) is 10.9 Å². The van der Waals surface area contributed by atoms with E-state index in [-0.39, 0.29) is 25.3 Å². The quantitative estimate of drug-likeness (QED) is 0.480. The summed E-state index contributed by atoms with van der Waals surface area (Å²) in [5, 5.41) is -0.593. The van der Waals surface area contributed by atoms with E-state index in [1.165, 1.54) is 13.2 Å². The van der Waals surface area contributed by atoms with Crippen LogP contribution >= 0.6 is 0 Å². The molecule has 0 amide bonds. The molecular formula is C19H23NO6S. The number of esters is 2. The fourth-order valence-electron chi connectivity index (χ4n) is 2.92. The highest BCUT2D eigenvalue weighted by Gasteiger charge is 2.33. The van der Waals surface area contributed by atoms with Crippen molar-refractivity contribution in [1.82, 2.24) is 4.57 Å². The van der Waals surface area contributed by atoms with Gasteiger partial charge in [-0.3, -0.25) is 4.79 Å². The molecule has 0 saturated heterocycles. The minimum Gasteiger partial charge on any atom is -0.465 e. The van der Waals surface area contributed by atoms with Crippen LogP contribution in [-0.4, -0.2) is 49.6 Å². The second-order valence-electron chi connectivity index (χ2n) is 5.89. The van der Waals surface area contributed by atoms with Crippen molar-refractivity contribution in [2.75, 3.05) is 19.5 Å². The third-order valence-corrected chi connectivity index (χ3v) is 6.15. The van der Waals surface area contributed by atoms with Crippen molar-refractivity contribution in [2.24, 2.45) is 0 Å². The van der Waals surface area contributed by atoms with Gasteiger partial charge < -0.3 is 14.0 Å². The van der Waals surface area contributed by atoms with Gasteiger partial charge in [0, 0.05) is 23.6 Å². The molecule has 2 aromatic rings. The number of methoxy groups -OCH3 is 1. The molecule has 7 nitrogen and oxygen atoms in total. The Morgan fingerprint density at radius 1 is 1.30 bits per heavy atom. The molecule has 0 aliphatic carbocycles. The predicted octanol–water partition coefficient (Wildman–Crippen LogP) is 2.35. The van der Waals surface area contributed by atoms with Gasteiger partial charge in [0.25, 0.3) is 0 Å². The summed E-state index contributed by atoms with van der Waals surface area (Å²) in [4.78, 5) is 24.2. The van der Waals surface area contributed by atoms with Crippen LogP contribution in [0, 0.1) is 0 Å². The average Bonchev–Trinajstić information content (AvgIpc) is 3.00. The molecule has 0 fully saturated rings. The highest BCUT2D eigenvalue weighted by Crippen LogP contribution is 2.23. The van der Waals surface area contributed by atoms with Crippen LogP contribution < -0.4 is 0 Å². The van der Waals surface area contributed by atoms with Crippen LogP contribution in [0.15, 0.2) is 43.1 Å². The van der Waals surface area contributed by atoms with E-state index in [0.29, 0.717) is 10.9 Å². The van der Waals surface area contributed by atoms with Crippen LogP contribution in [0.3, 0.4) is 0 Å². The number of ether oxygens (including phenoxy) is 2. The Hall–Kier alpha value is -2.61. The van der Waals surface area contributed by atoms with E-state index in [0.717, 1.165) is 5.52 Å². The number of hydrogen-bond acceptors (Lipinski definition) is 6. The van der Waals surface area contributed by atoms with Gasteiger partial charge in [-0.05, 0) is 19.4 Å². The molecule has 2 rings (SSSR count). The Balaban J connectivity index is 2.35. The Bertz CT molecular complexity index is 944. The molecule has 1 unspecified atom stereocenters. The second-order valence-corrected chi connectivity index (χ2v) is 8.12. The lowest BCUT2D eigenvalue weighted by Crippen LogP contribution is -2.34. The lowest BCUT2D eigenvalue weighted by Gasteiger charge is -2.16. The minimum atomic E-state index is -3.73. The number of carbonyl (C=O) groups is 2. The summed E-state index contributed by atoms with van der Waals surface area (Å²) in [6.07, 6.45) is 2.88. The maximum Gasteiger partial charge on any atom is 0.340 e. The highest BCUT2D eigenvalue weighted by atomic mass is 32.2. The SMILES string of the molecule is C=CCS(=O)(=O)C(CCn1cc(C(=O)OC)c2ccccc21)C(=O)OCC. The molecule has 1 heterocycles. The minimum absolute atomic E-state index is 0.0221. The number of hydrogen-bond donors (Lipinski definition) is 0. The zero-order chi connectivity index (χ0) is 20.0. The first kappa shape index (κ1) is 20.7. The normalized spacial score (nSPS) is 12.5. The van der Waals surface area contributed by atoms with Crippen LogP contribution in [-0.2, 0) is 30.7 Å². The highest BCUT2D eigenvalue weighted by molar-refractivity contribution is 7.92. The molecule has 0 spiro atoms. The van der Waals surface area contributed by atoms with Gasteiger partial charge in [0.05, 0.1) is 25.0 Å². The molecule has 0 aliphatic rings. The van der Waals surface area contributed by atoms with E-state index in [1.54, 1.807) is 29.8 Å². The van der Waals surface area contributed by atoms with Gasteiger partial charge in [-0.2, -0.15) is 0 Å². The predicted molar refractivity (Wildman–Crippen MR) is 102 cm³/mol. The van der Waals surface area contributed by atoms with Gasteiger partial charge in [0.1, 0.15) is 0 Å². The Labute approximate surface area is 158 Å². The molecule has 27 heavy (non-hydrogen) atoms. The van der Waals surface area contributed by atoms with Crippen molar-refractivity contribution in [2.45, 2.75) is 25.1 Å². The summed E-state index contributed by atoms with van der Waals surface area (Å²) in [7, 11) is -2.43. The number of nitrogens with zero attached hydrogens (tertiary/aromatic N) is 1. The molecule has 0 N–H and O–H groups in total. The van der Waals surface area contributed by atoms with Crippen LogP contribution in [0.4, 0.5) is 0 Å². The molecule has 0 bridgehead atoms. The number of carbonyl (C=O) groups excluding carboxylic acids is 2. The number of sulfone groups is 1. The van der Waals surface area contributed by atoms with Crippen LogP contribution in [0.2, 0.25) is 0 Å². The lowest BCUT2D eigenvalue weighted by atomic mass is 10.2. The number of aromatic nitrogens is 1. The van der Waals surface area contributed by atoms with Gasteiger partial charge in [0.15, 0.2) is 15.1 Å². The maximum atomic E-state index is 12.4. The van der Waals surface area contributed by atoms with Gasteiger partial charge in [-0.1, -0.05) is 24.3 Å². The average molecular weight is 393 g/mol. The van der Waals surface area contributed by atoms with E-state index < -0.39 is 27.0 Å². The first-order valence-electron chi connectivity index (χ1n) is 8.51. The van der Waals surface area contributed by atoms with Crippen molar-refractivity contribution >= 4 is 32.7 Å². The van der Waals surface area contributed by atoms with E-state index in [1.807, 2.05) is 12.1 Å². The van der Waals surface area contributed by atoms with Crippen molar-refractivity contribution in [1.29, 1.82) is 0 Å².